The number of hydrogen-bond acceptors (Lipinski definition) is 4. The Labute approximate surface area is 111 Å². The summed E-state index contributed by atoms with van der Waals surface area (Å²) in [5.74, 6) is -0.0813. The lowest BCUT2D eigenvalue weighted by Gasteiger charge is -2.22. The van der Waals surface area contributed by atoms with Crippen molar-refractivity contribution in [1.82, 2.24) is 4.72 Å². The molecule has 1 rings (SSSR count). The average molecular weight is 293 g/mol. The first-order chi connectivity index (χ1) is 8.27. The van der Waals surface area contributed by atoms with E-state index in [1.807, 2.05) is 6.26 Å². The quantitative estimate of drug-likeness (QED) is 0.827. The Bertz CT molecular complexity index is 486. The Kier molecular flexibility index (Phi) is 5.15. The van der Waals surface area contributed by atoms with Crippen LogP contribution in [0.2, 0.25) is 0 Å². The van der Waals surface area contributed by atoms with Crippen LogP contribution in [0.25, 0.3) is 0 Å². The fourth-order valence-electron chi connectivity index (χ4n) is 1.31. The van der Waals surface area contributed by atoms with Gasteiger partial charge in [0.05, 0.1) is 10.5 Å². The number of benzene rings is 1. The van der Waals surface area contributed by atoms with Gasteiger partial charge in [-0.2, -0.15) is 11.8 Å². The molecule has 0 spiro atoms. The first kappa shape index (κ1) is 15.4. The highest BCUT2D eigenvalue weighted by atomic mass is 32.2. The summed E-state index contributed by atoms with van der Waals surface area (Å²) in [4.78, 5) is -0.0242. The Hall–Kier alpha value is -0.630. The van der Waals surface area contributed by atoms with E-state index >= 15 is 0 Å². The predicted octanol–water partition coefficient (Wildman–Crippen LogP) is 1.22. The second-order valence-electron chi connectivity index (χ2n) is 4.21. The molecule has 0 aliphatic carbocycles. The van der Waals surface area contributed by atoms with E-state index in [4.69, 9.17) is 0 Å². The van der Waals surface area contributed by atoms with Gasteiger partial charge in [0, 0.05) is 12.3 Å². The second-order valence-corrected chi connectivity index (χ2v) is 6.84. The molecule has 0 aliphatic heterocycles. The number of thioether (sulfide) groups is 1. The van der Waals surface area contributed by atoms with Gasteiger partial charge >= 0.3 is 0 Å². The van der Waals surface area contributed by atoms with Gasteiger partial charge in [-0.05, 0) is 37.4 Å². The van der Waals surface area contributed by atoms with Crippen LogP contribution in [0.3, 0.4) is 0 Å². The van der Waals surface area contributed by atoms with Gasteiger partial charge in [-0.1, -0.05) is 0 Å². The third-order valence-corrected chi connectivity index (χ3v) is 4.55. The molecule has 0 amide bonds. The van der Waals surface area contributed by atoms with Gasteiger partial charge in [0.2, 0.25) is 10.0 Å². The molecule has 18 heavy (non-hydrogen) atoms. The lowest BCUT2D eigenvalue weighted by Crippen LogP contribution is -2.42. The minimum Gasteiger partial charge on any atom is -0.388 e. The normalized spacial score (nSPS) is 15.3. The van der Waals surface area contributed by atoms with E-state index in [-0.39, 0.29) is 11.4 Å². The third kappa shape index (κ3) is 4.56. The summed E-state index contributed by atoms with van der Waals surface area (Å²) in [5.41, 5.74) is -1.12. The van der Waals surface area contributed by atoms with Crippen LogP contribution in [-0.4, -0.2) is 37.7 Å². The van der Waals surface area contributed by atoms with Crippen molar-refractivity contribution in [2.75, 3.05) is 18.6 Å². The number of nitrogens with one attached hydrogen (secondary N) is 1. The molecular formula is C11H16FNO3S2. The maximum atomic E-state index is 12.7. The first-order valence-corrected chi connectivity index (χ1v) is 8.11. The molecule has 0 aliphatic rings. The Morgan fingerprint density at radius 1 is 1.39 bits per heavy atom. The van der Waals surface area contributed by atoms with Crippen molar-refractivity contribution in [2.24, 2.45) is 0 Å². The van der Waals surface area contributed by atoms with Gasteiger partial charge in [0.1, 0.15) is 5.82 Å². The fourth-order valence-corrected chi connectivity index (χ4v) is 3.20. The van der Waals surface area contributed by atoms with Gasteiger partial charge in [0.15, 0.2) is 0 Å². The molecule has 102 valence electrons. The van der Waals surface area contributed by atoms with Crippen molar-refractivity contribution >= 4 is 21.8 Å². The van der Waals surface area contributed by atoms with Gasteiger partial charge in [-0.25, -0.2) is 17.5 Å². The minimum absolute atomic E-state index is 0.0242. The standard InChI is InChI=1S/C11H16FNO3S2/c1-11(14,8-17-2)7-13-18(15,16)10-5-3-9(12)4-6-10/h3-6,13-14H,7-8H2,1-2H3/t11-/m1/s1. The van der Waals surface area contributed by atoms with E-state index in [1.54, 1.807) is 6.92 Å². The van der Waals surface area contributed by atoms with Crippen LogP contribution < -0.4 is 4.72 Å². The molecule has 0 heterocycles. The van der Waals surface area contributed by atoms with Crippen molar-refractivity contribution in [3.05, 3.63) is 30.1 Å². The summed E-state index contributed by atoms with van der Waals surface area (Å²) >= 11 is 1.42. The summed E-state index contributed by atoms with van der Waals surface area (Å²) in [7, 11) is -3.71. The first-order valence-electron chi connectivity index (χ1n) is 5.23. The van der Waals surface area contributed by atoms with Crippen LogP contribution in [0, 0.1) is 5.82 Å². The largest absolute Gasteiger partial charge is 0.388 e. The smallest absolute Gasteiger partial charge is 0.240 e. The molecule has 0 saturated heterocycles. The van der Waals surface area contributed by atoms with Crippen LogP contribution >= 0.6 is 11.8 Å². The number of rotatable bonds is 6. The maximum Gasteiger partial charge on any atom is 0.240 e. The molecule has 0 aromatic heterocycles. The molecule has 0 bridgehead atoms. The summed E-state index contributed by atoms with van der Waals surface area (Å²) < 4.78 is 38.7. The van der Waals surface area contributed by atoms with Gasteiger partial charge in [-0.15, -0.1) is 0 Å². The summed E-state index contributed by atoms with van der Waals surface area (Å²) in [6.07, 6.45) is 1.82. The summed E-state index contributed by atoms with van der Waals surface area (Å²) in [6, 6.07) is 4.52. The van der Waals surface area contributed by atoms with Crippen LogP contribution in [0.15, 0.2) is 29.2 Å². The number of aliphatic hydroxyl groups is 1. The zero-order valence-electron chi connectivity index (χ0n) is 10.2. The van der Waals surface area contributed by atoms with Gasteiger partial charge in [0.25, 0.3) is 0 Å². The Balaban J connectivity index is 2.74. The summed E-state index contributed by atoms with van der Waals surface area (Å²) in [5, 5.41) is 9.86. The number of sulfonamides is 1. The van der Waals surface area contributed by atoms with Crippen LogP contribution in [0.1, 0.15) is 6.92 Å². The average Bonchev–Trinajstić information content (AvgIpc) is 2.27. The zero-order chi connectivity index (χ0) is 13.8. The molecule has 0 saturated carbocycles. The highest BCUT2D eigenvalue weighted by Gasteiger charge is 2.23. The van der Waals surface area contributed by atoms with Crippen LogP contribution in [0.5, 0.6) is 0 Å². The molecule has 0 radical (unpaired) electrons. The van der Waals surface area contributed by atoms with E-state index in [0.717, 1.165) is 12.1 Å². The van der Waals surface area contributed by atoms with Crippen LogP contribution in [0.4, 0.5) is 4.39 Å². The van der Waals surface area contributed by atoms with Gasteiger partial charge < -0.3 is 5.11 Å². The lowest BCUT2D eigenvalue weighted by atomic mass is 10.1. The molecule has 1 atom stereocenters. The maximum absolute atomic E-state index is 12.7. The van der Waals surface area contributed by atoms with Crippen molar-refractivity contribution in [3.8, 4) is 0 Å². The highest BCUT2D eigenvalue weighted by Crippen LogP contribution is 2.13. The molecular weight excluding hydrogens is 277 g/mol. The topological polar surface area (TPSA) is 66.4 Å². The molecule has 0 unspecified atom stereocenters. The molecule has 4 nitrogen and oxygen atoms in total. The highest BCUT2D eigenvalue weighted by molar-refractivity contribution is 7.98. The van der Waals surface area contributed by atoms with Crippen molar-refractivity contribution in [2.45, 2.75) is 17.4 Å². The van der Waals surface area contributed by atoms with E-state index in [1.165, 1.54) is 23.9 Å². The Morgan fingerprint density at radius 2 is 1.94 bits per heavy atom. The van der Waals surface area contributed by atoms with Crippen molar-refractivity contribution < 1.29 is 17.9 Å². The monoisotopic (exact) mass is 293 g/mol. The summed E-state index contributed by atoms with van der Waals surface area (Å²) in [6.45, 7) is 1.46. The van der Waals surface area contributed by atoms with Crippen molar-refractivity contribution in [3.63, 3.8) is 0 Å². The molecule has 1 aromatic carbocycles. The molecule has 1 aromatic rings. The van der Waals surface area contributed by atoms with Crippen molar-refractivity contribution in [1.29, 1.82) is 0 Å². The predicted molar refractivity (Wildman–Crippen MR) is 70.6 cm³/mol. The molecule has 2 N–H and O–H groups in total. The number of hydrogen-bond donors (Lipinski definition) is 2. The third-order valence-electron chi connectivity index (χ3n) is 2.22. The van der Waals surface area contributed by atoms with E-state index in [2.05, 4.69) is 4.72 Å². The van der Waals surface area contributed by atoms with E-state index in [9.17, 15) is 17.9 Å². The van der Waals surface area contributed by atoms with E-state index < -0.39 is 21.4 Å². The van der Waals surface area contributed by atoms with Gasteiger partial charge in [-0.3, -0.25) is 0 Å². The SMILES string of the molecule is CSC[C@](C)(O)CNS(=O)(=O)c1ccc(F)cc1. The van der Waals surface area contributed by atoms with E-state index in [0.29, 0.717) is 5.75 Å². The zero-order valence-corrected chi connectivity index (χ0v) is 11.8. The lowest BCUT2D eigenvalue weighted by molar-refractivity contribution is 0.0908. The second kappa shape index (κ2) is 6.01. The molecule has 0 fully saturated rings. The van der Waals surface area contributed by atoms with Crippen LogP contribution in [-0.2, 0) is 10.0 Å². The minimum atomic E-state index is -3.71. The number of halogens is 1. The molecule has 7 heteroatoms. The fraction of sp³-hybridized carbons (Fsp3) is 0.455. The Morgan fingerprint density at radius 3 is 2.44 bits per heavy atom.